The smallest absolute Gasteiger partial charge is 0.261 e. The van der Waals surface area contributed by atoms with Crippen molar-refractivity contribution < 1.29 is 28.3 Å². The average molecular weight is 524 g/mol. The zero-order valence-corrected chi connectivity index (χ0v) is 20.8. The van der Waals surface area contributed by atoms with Gasteiger partial charge in [-0.3, -0.25) is 19.3 Å². The summed E-state index contributed by atoms with van der Waals surface area (Å²) < 4.78 is 27.8. The van der Waals surface area contributed by atoms with Gasteiger partial charge in [-0.1, -0.05) is 0 Å². The second-order valence-corrected chi connectivity index (χ2v) is 8.89. The molecular formula is C27H27F2N5O4. The maximum atomic E-state index is 14.2. The average Bonchev–Trinajstić information content (AvgIpc) is 3.40. The molecular weight excluding hydrogens is 496 g/mol. The number of aliphatic hydroxyl groups excluding tert-OH is 1. The quantitative estimate of drug-likeness (QED) is 0.132. The van der Waals surface area contributed by atoms with Crippen LogP contribution in [0.3, 0.4) is 0 Å². The number of halogens is 2. The Morgan fingerprint density at radius 3 is 2.61 bits per heavy atom. The van der Waals surface area contributed by atoms with Gasteiger partial charge in [0.2, 0.25) is 0 Å². The zero-order chi connectivity index (χ0) is 27.4. The first-order chi connectivity index (χ1) is 18.3. The van der Waals surface area contributed by atoms with Crippen LogP contribution in [0.4, 0.5) is 8.78 Å². The summed E-state index contributed by atoms with van der Waals surface area (Å²) in [6.45, 7) is 1.73. The van der Waals surface area contributed by atoms with E-state index in [1.807, 2.05) is 0 Å². The summed E-state index contributed by atoms with van der Waals surface area (Å²) in [7, 11) is 1.68. The number of imide groups is 1. The van der Waals surface area contributed by atoms with E-state index in [0.717, 1.165) is 23.1 Å². The fourth-order valence-corrected chi connectivity index (χ4v) is 4.33. The molecule has 4 N–H and O–H groups in total. The Hall–Kier alpha value is -4.38. The Balaban J connectivity index is 1.68. The van der Waals surface area contributed by atoms with Crippen molar-refractivity contribution >= 4 is 34.7 Å². The molecule has 1 unspecified atom stereocenters. The number of aldehydes is 1. The molecule has 0 saturated carbocycles. The first-order valence-electron chi connectivity index (χ1n) is 12.0. The number of rotatable bonds is 11. The molecule has 1 atom stereocenters. The van der Waals surface area contributed by atoms with E-state index in [-0.39, 0.29) is 54.1 Å². The number of nitrogens with zero attached hydrogens (tertiary/aromatic N) is 2. The summed E-state index contributed by atoms with van der Waals surface area (Å²) in [6, 6.07) is 5.87. The number of aromatic nitrogens is 2. The summed E-state index contributed by atoms with van der Waals surface area (Å²) >= 11 is 0. The van der Waals surface area contributed by atoms with E-state index in [1.54, 1.807) is 26.2 Å². The molecule has 11 heteroatoms. The number of hydrogen-bond donors (Lipinski definition) is 4. The highest BCUT2D eigenvalue weighted by Gasteiger charge is 2.36. The number of hydrogen-bond acceptors (Lipinski definition) is 7. The molecule has 0 aliphatic carbocycles. The molecule has 1 aliphatic heterocycles. The van der Waals surface area contributed by atoms with Gasteiger partial charge in [0, 0.05) is 26.2 Å². The molecule has 2 heterocycles. The minimum atomic E-state index is -0.546. The molecule has 4 rings (SSSR count). The number of imidazole rings is 1. The van der Waals surface area contributed by atoms with Crippen molar-refractivity contribution in [3.63, 3.8) is 0 Å². The number of fused-ring (bicyclic) bond motifs is 2. The van der Waals surface area contributed by atoms with Crippen LogP contribution in [-0.4, -0.2) is 64.3 Å². The van der Waals surface area contributed by atoms with Crippen molar-refractivity contribution in [1.82, 2.24) is 25.5 Å². The maximum absolute atomic E-state index is 14.2. The summed E-state index contributed by atoms with van der Waals surface area (Å²) in [5.41, 5.74) is 1.97. The van der Waals surface area contributed by atoms with E-state index >= 15 is 0 Å². The van der Waals surface area contributed by atoms with Gasteiger partial charge in [-0.05, 0) is 67.9 Å². The summed E-state index contributed by atoms with van der Waals surface area (Å²) in [4.78, 5) is 46.3. The molecule has 0 saturated heterocycles. The molecule has 2 aromatic carbocycles. The van der Waals surface area contributed by atoms with E-state index in [9.17, 15) is 23.2 Å². The Labute approximate surface area is 217 Å². The Morgan fingerprint density at radius 2 is 1.92 bits per heavy atom. The van der Waals surface area contributed by atoms with Gasteiger partial charge < -0.3 is 20.7 Å². The number of nitrogens with one attached hydrogen (secondary N) is 3. The number of aliphatic hydroxyl groups is 1. The molecule has 0 bridgehead atoms. The highest BCUT2D eigenvalue weighted by molar-refractivity contribution is 6.23. The van der Waals surface area contributed by atoms with Crippen molar-refractivity contribution in [2.75, 3.05) is 20.2 Å². The minimum absolute atomic E-state index is 0.109. The van der Waals surface area contributed by atoms with E-state index in [4.69, 9.17) is 5.11 Å². The van der Waals surface area contributed by atoms with Crippen molar-refractivity contribution in [3.05, 3.63) is 82.5 Å². The Bertz CT molecular complexity index is 1410. The fraction of sp³-hybridized carbons (Fsp3) is 0.259. The third-order valence-corrected chi connectivity index (χ3v) is 6.13. The summed E-state index contributed by atoms with van der Waals surface area (Å²) in [5, 5.41) is 15.1. The van der Waals surface area contributed by atoms with Gasteiger partial charge in [0.15, 0.2) is 6.29 Å². The zero-order valence-electron chi connectivity index (χ0n) is 20.8. The van der Waals surface area contributed by atoms with Crippen LogP contribution < -0.4 is 10.6 Å². The van der Waals surface area contributed by atoms with Crippen LogP contribution in [-0.2, 0) is 11.2 Å². The second-order valence-electron chi connectivity index (χ2n) is 8.89. The van der Waals surface area contributed by atoms with Crippen LogP contribution in [0.5, 0.6) is 0 Å². The maximum Gasteiger partial charge on any atom is 0.261 e. The first-order valence-corrected chi connectivity index (χ1v) is 12.0. The molecule has 38 heavy (non-hydrogen) atoms. The van der Waals surface area contributed by atoms with Gasteiger partial charge in [0.1, 0.15) is 17.5 Å². The normalized spacial score (nSPS) is 14.7. The van der Waals surface area contributed by atoms with Crippen LogP contribution in [0.15, 0.2) is 48.3 Å². The first kappa shape index (κ1) is 26.7. The van der Waals surface area contributed by atoms with Gasteiger partial charge in [-0.2, -0.15) is 0 Å². The van der Waals surface area contributed by atoms with Crippen LogP contribution >= 0.6 is 0 Å². The molecule has 0 spiro atoms. The van der Waals surface area contributed by atoms with E-state index in [0.29, 0.717) is 23.0 Å². The number of H-pyrrole nitrogens is 1. The number of carbonyl (C=O) groups is 3. The topological polar surface area (TPSA) is 127 Å². The van der Waals surface area contributed by atoms with E-state index in [1.165, 1.54) is 12.1 Å². The molecule has 198 valence electrons. The number of aromatic amines is 1. The predicted octanol–water partition coefficient (Wildman–Crippen LogP) is 2.68. The largest absolute Gasteiger partial charge is 0.396 e. The van der Waals surface area contributed by atoms with Gasteiger partial charge in [-0.15, -0.1) is 0 Å². The minimum Gasteiger partial charge on any atom is -0.396 e. The third kappa shape index (κ3) is 5.32. The molecule has 2 amide bonds. The van der Waals surface area contributed by atoms with Gasteiger partial charge in [0.05, 0.1) is 33.4 Å². The van der Waals surface area contributed by atoms with E-state index < -0.39 is 29.5 Å². The van der Waals surface area contributed by atoms with Crippen LogP contribution in [0.2, 0.25) is 0 Å². The van der Waals surface area contributed by atoms with Crippen molar-refractivity contribution in [3.8, 4) is 0 Å². The van der Waals surface area contributed by atoms with Crippen molar-refractivity contribution in [1.29, 1.82) is 0 Å². The predicted molar refractivity (Wildman–Crippen MR) is 137 cm³/mol. The lowest BCUT2D eigenvalue weighted by Gasteiger charge is -2.18. The van der Waals surface area contributed by atoms with Gasteiger partial charge >= 0.3 is 0 Å². The molecule has 1 aliphatic rings. The highest BCUT2D eigenvalue weighted by atomic mass is 19.1. The lowest BCUT2D eigenvalue weighted by Crippen LogP contribution is -2.31. The van der Waals surface area contributed by atoms with Crippen molar-refractivity contribution in [2.24, 2.45) is 0 Å². The molecule has 3 aromatic rings. The second kappa shape index (κ2) is 11.3. The number of carbonyl (C=O) groups excluding carboxylic acids is 3. The lowest BCUT2D eigenvalue weighted by molar-refractivity contribution is -0.103. The Kier molecular flexibility index (Phi) is 7.96. The Morgan fingerprint density at radius 1 is 1.18 bits per heavy atom. The number of amides is 2. The summed E-state index contributed by atoms with van der Waals surface area (Å²) in [5.74, 6) is -1.80. The molecule has 9 nitrogen and oxygen atoms in total. The van der Waals surface area contributed by atoms with Gasteiger partial charge in [-0.25, -0.2) is 13.8 Å². The van der Waals surface area contributed by atoms with E-state index in [2.05, 4.69) is 20.6 Å². The lowest BCUT2D eigenvalue weighted by atomic mass is 10.1. The fourth-order valence-electron chi connectivity index (χ4n) is 4.33. The number of benzene rings is 2. The third-order valence-electron chi connectivity index (χ3n) is 6.13. The van der Waals surface area contributed by atoms with Crippen LogP contribution in [0, 0.1) is 11.6 Å². The standard InChI is InChI=1S/C27H27F2N5O4/c1-15(10-16-11-17(28)4-5-21(16)29)31-22(6-7-30-2)20(14-36)25-32-23-12-18-19(13-24(23)33-25)27(38)34(26(18)37)8-3-9-35/h4-7,11-15,30-31,35H,3,8-10H2,1-2H3,(H,32,33)/b7-6-,22-20-. The van der Waals surface area contributed by atoms with Crippen LogP contribution in [0.1, 0.15) is 45.4 Å². The number of allylic oxidation sites excluding steroid dienone is 2. The monoisotopic (exact) mass is 523 g/mol. The summed E-state index contributed by atoms with van der Waals surface area (Å²) in [6.07, 6.45) is 4.24. The molecule has 0 radical (unpaired) electrons. The highest BCUT2D eigenvalue weighted by Crippen LogP contribution is 2.28. The SMILES string of the molecule is CN/C=C\C(NC(C)Cc1cc(F)ccc1F)=C(/C=O)c1nc2cc3c(cc2[nH]1)C(=O)N(CCCO)C3=O. The molecule has 1 aromatic heterocycles. The molecule has 0 fully saturated rings. The van der Waals surface area contributed by atoms with Crippen molar-refractivity contribution in [2.45, 2.75) is 25.8 Å². The van der Waals surface area contributed by atoms with Crippen LogP contribution in [0.25, 0.3) is 16.6 Å². The van der Waals surface area contributed by atoms with Gasteiger partial charge in [0.25, 0.3) is 11.8 Å².